The molecule has 0 bridgehead atoms. The molecule has 4 aromatic rings. The van der Waals surface area contributed by atoms with E-state index < -0.39 is 5.97 Å². The first kappa shape index (κ1) is 19.2. The number of nitrogens with zero attached hydrogens (tertiary/aromatic N) is 4. The molecule has 0 aliphatic heterocycles. The van der Waals surface area contributed by atoms with Gasteiger partial charge < -0.3 is 10.8 Å². The molecule has 1 saturated carbocycles. The number of nitrogen functional groups attached to an aromatic ring is 1. The highest BCUT2D eigenvalue weighted by molar-refractivity contribution is 5.92. The van der Waals surface area contributed by atoms with Crippen LogP contribution in [0.25, 0.3) is 33.4 Å². The lowest BCUT2D eigenvalue weighted by atomic mass is 9.92. The minimum atomic E-state index is -1.02. The number of rotatable bonds is 5. The van der Waals surface area contributed by atoms with E-state index in [2.05, 4.69) is 5.10 Å². The van der Waals surface area contributed by atoms with Crippen LogP contribution in [0.3, 0.4) is 0 Å². The second-order valence-electron chi connectivity index (χ2n) is 8.03. The van der Waals surface area contributed by atoms with Gasteiger partial charge in [0.2, 0.25) is 0 Å². The molecule has 1 aliphatic carbocycles. The van der Waals surface area contributed by atoms with Gasteiger partial charge in [-0.2, -0.15) is 5.10 Å². The Balaban J connectivity index is 1.72. The number of imidazole rings is 1. The molecule has 0 spiro atoms. The van der Waals surface area contributed by atoms with Crippen LogP contribution in [0.1, 0.15) is 25.3 Å². The molecule has 0 amide bonds. The fraction of sp³-hybridized carbons (Fsp3) is 0.261. The monoisotopic (exact) mass is 417 g/mol. The Morgan fingerprint density at radius 2 is 1.87 bits per heavy atom. The average molecular weight is 417 g/mol. The Morgan fingerprint density at radius 3 is 2.52 bits per heavy atom. The SMILES string of the molecule is Cn1c(=O)n(C2CCC2)c2ccc(-c3c(-c4ccccc4)nn(CC(=O)O)c3N)cc21. The topological polar surface area (TPSA) is 108 Å². The minimum absolute atomic E-state index is 0.0188. The number of aromatic nitrogens is 4. The zero-order valence-electron chi connectivity index (χ0n) is 17.2. The number of aryl methyl sites for hydroxylation is 1. The molecule has 1 fully saturated rings. The van der Waals surface area contributed by atoms with E-state index in [-0.39, 0.29) is 24.1 Å². The van der Waals surface area contributed by atoms with Crippen molar-refractivity contribution in [2.75, 3.05) is 5.73 Å². The van der Waals surface area contributed by atoms with Gasteiger partial charge in [0.05, 0.1) is 16.6 Å². The van der Waals surface area contributed by atoms with Crippen LogP contribution in [0.15, 0.2) is 53.3 Å². The number of carboxylic acid groups (broad SMARTS) is 1. The highest BCUT2D eigenvalue weighted by atomic mass is 16.4. The minimum Gasteiger partial charge on any atom is -0.480 e. The fourth-order valence-electron chi connectivity index (χ4n) is 4.32. The molecule has 31 heavy (non-hydrogen) atoms. The van der Waals surface area contributed by atoms with Crippen LogP contribution in [0.4, 0.5) is 5.82 Å². The summed E-state index contributed by atoms with van der Waals surface area (Å²) in [5.74, 6) is -0.736. The van der Waals surface area contributed by atoms with E-state index in [0.29, 0.717) is 11.3 Å². The van der Waals surface area contributed by atoms with Crippen LogP contribution in [0.2, 0.25) is 0 Å². The molecule has 8 heteroatoms. The maximum absolute atomic E-state index is 12.9. The highest BCUT2D eigenvalue weighted by Crippen LogP contribution is 2.38. The molecular formula is C23H23N5O3. The molecule has 2 aromatic carbocycles. The van der Waals surface area contributed by atoms with Crippen molar-refractivity contribution < 1.29 is 9.90 Å². The molecule has 0 unspecified atom stereocenters. The summed E-state index contributed by atoms with van der Waals surface area (Å²) in [6, 6.07) is 15.6. The molecule has 8 nitrogen and oxygen atoms in total. The summed E-state index contributed by atoms with van der Waals surface area (Å²) in [5, 5.41) is 13.8. The second kappa shape index (κ2) is 7.16. The van der Waals surface area contributed by atoms with E-state index in [1.54, 1.807) is 11.6 Å². The van der Waals surface area contributed by atoms with E-state index in [9.17, 15) is 14.7 Å². The third kappa shape index (κ3) is 3.02. The number of hydrogen-bond acceptors (Lipinski definition) is 4. The maximum atomic E-state index is 12.9. The van der Waals surface area contributed by atoms with Gasteiger partial charge in [0.25, 0.3) is 0 Å². The summed E-state index contributed by atoms with van der Waals surface area (Å²) in [4.78, 5) is 24.2. The molecule has 158 valence electrons. The molecule has 0 atom stereocenters. The third-order valence-electron chi connectivity index (χ3n) is 6.14. The second-order valence-corrected chi connectivity index (χ2v) is 8.03. The van der Waals surface area contributed by atoms with Gasteiger partial charge in [0.1, 0.15) is 18.1 Å². The molecule has 0 radical (unpaired) electrons. The van der Waals surface area contributed by atoms with Crippen LogP contribution in [-0.2, 0) is 18.4 Å². The van der Waals surface area contributed by atoms with Crippen molar-refractivity contribution in [2.24, 2.45) is 7.05 Å². The van der Waals surface area contributed by atoms with E-state index in [1.165, 1.54) is 4.68 Å². The van der Waals surface area contributed by atoms with Crippen LogP contribution in [0, 0.1) is 0 Å². The van der Waals surface area contributed by atoms with Crippen molar-refractivity contribution in [1.82, 2.24) is 18.9 Å². The maximum Gasteiger partial charge on any atom is 0.329 e. The van der Waals surface area contributed by atoms with Crippen LogP contribution >= 0.6 is 0 Å². The summed E-state index contributed by atoms with van der Waals surface area (Å²) in [5.41, 5.74) is 11.0. The van der Waals surface area contributed by atoms with Crippen molar-refractivity contribution in [3.63, 3.8) is 0 Å². The predicted molar refractivity (Wildman–Crippen MR) is 119 cm³/mol. The normalized spacial score (nSPS) is 14.1. The number of carbonyl (C=O) groups is 1. The Bertz CT molecular complexity index is 1360. The molecule has 1 aliphatic rings. The van der Waals surface area contributed by atoms with E-state index in [0.717, 1.165) is 41.4 Å². The van der Waals surface area contributed by atoms with E-state index in [1.807, 2.05) is 53.1 Å². The van der Waals surface area contributed by atoms with Crippen LogP contribution in [0.5, 0.6) is 0 Å². The Morgan fingerprint density at radius 1 is 1.13 bits per heavy atom. The number of benzene rings is 2. The molecule has 3 N–H and O–H groups in total. The average Bonchev–Trinajstić information content (AvgIpc) is 3.16. The lowest BCUT2D eigenvalue weighted by molar-refractivity contribution is -0.137. The largest absolute Gasteiger partial charge is 0.480 e. The van der Waals surface area contributed by atoms with Gasteiger partial charge in [-0.3, -0.25) is 13.9 Å². The Hall–Kier alpha value is -3.81. The fourth-order valence-corrected chi connectivity index (χ4v) is 4.32. The van der Waals surface area contributed by atoms with Gasteiger partial charge in [-0.1, -0.05) is 36.4 Å². The van der Waals surface area contributed by atoms with Gasteiger partial charge in [0, 0.05) is 18.7 Å². The quantitative estimate of drug-likeness (QED) is 0.518. The third-order valence-corrected chi connectivity index (χ3v) is 6.14. The van der Waals surface area contributed by atoms with E-state index >= 15 is 0 Å². The summed E-state index contributed by atoms with van der Waals surface area (Å²) < 4.78 is 4.86. The van der Waals surface area contributed by atoms with Gasteiger partial charge >= 0.3 is 11.7 Å². The van der Waals surface area contributed by atoms with Gasteiger partial charge in [-0.05, 0) is 37.0 Å². The van der Waals surface area contributed by atoms with Crippen LogP contribution < -0.4 is 11.4 Å². The zero-order chi connectivity index (χ0) is 21.7. The number of nitrogens with two attached hydrogens (primary N) is 1. The summed E-state index contributed by atoms with van der Waals surface area (Å²) >= 11 is 0. The molecular weight excluding hydrogens is 394 g/mol. The number of anilines is 1. The molecule has 2 heterocycles. The summed E-state index contributed by atoms with van der Waals surface area (Å²) in [6.45, 7) is -0.329. The van der Waals surface area contributed by atoms with Gasteiger partial charge in [-0.25, -0.2) is 9.48 Å². The number of fused-ring (bicyclic) bond motifs is 1. The number of hydrogen-bond donors (Lipinski definition) is 2. The van der Waals surface area contributed by atoms with Crippen LogP contribution in [-0.4, -0.2) is 30.0 Å². The van der Waals surface area contributed by atoms with Gasteiger partial charge in [-0.15, -0.1) is 0 Å². The first-order valence-corrected chi connectivity index (χ1v) is 10.3. The zero-order valence-corrected chi connectivity index (χ0v) is 17.2. The number of aliphatic carboxylic acids is 1. The lowest BCUT2D eigenvalue weighted by Gasteiger charge is -2.26. The Labute approximate surface area is 178 Å². The predicted octanol–water partition coefficient (Wildman–Crippen LogP) is 3.26. The van der Waals surface area contributed by atoms with Crippen molar-refractivity contribution in [3.8, 4) is 22.4 Å². The number of carboxylic acids is 1. The highest BCUT2D eigenvalue weighted by Gasteiger charge is 2.26. The molecule has 2 aromatic heterocycles. The summed E-state index contributed by atoms with van der Waals surface area (Å²) in [7, 11) is 1.78. The first-order chi connectivity index (χ1) is 15.0. The molecule has 0 saturated heterocycles. The smallest absolute Gasteiger partial charge is 0.329 e. The van der Waals surface area contributed by atoms with Crippen molar-refractivity contribution >= 4 is 22.8 Å². The lowest BCUT2D eigenvalue weighted by Crippen LogP contribution is -2.29. The first-order valence-electron chi connectivity index (χ1n) is 10.3. The standard InChI is InChI=1S/C23H23N5O3/c1-26-18-12-15(10-11-17(18)28(23(26)31)16-8-5-9-16)20-21(14-6-3-2-4-7-14)25-27(22(20)24)13-19(29)30/h2-4,6-7,10-12,16H,5,8-9,13,24H2,1H3,(H,29,30). The van der Waals surface area contributed by atoms with Crippen molar-refractivity contribution in [2.45, 2.75) is 31.8 Å². The van der Waals surface area contributed by atoms with Gasteiger partial charge in [0.15, 0.2) is 0 Å². The van der Waals surface area contributed by atoms with Crippen molar-refractivity contribution in [3.05, 3.63) is 59.0 Å². The van der Waals surface area contributed by atoms with Crippen molar-refractivity contribution in [1.29, 1.82) is 0 Å². The summed E-state index contributed by atoms with van der Waals surface area (Å²) in [6.07, 6.45) is 3.19. The molecule has 5 rings (SSSR count). The Kier molecular flexibility index (Phi) is 4.43. The van der Waals surface area contributed by atoms with E-state index in [4.69, 9.17) is 5.73 Å².